The van der Waals surface area contributed by atoms with E-state index in [9.17, 15) is 9.59 Å². The summed E-state index contributed by atoms with van der Waals surface area (Å²) >= 11 is 0. The van der Waals surface area contributed by atoms with Crippen molar-refractivity contribution in [2.75, 3.05) is 23.3 Å². The van der Waals surface area contributed by atoms with Crippen molar-refractivity contribution in [3.63, 3.8) is 0 Å². The van der Waals surface area contributed by atoms with E-state index in [1.165, 1.54) is 6.42 Å². The van der Waals surface area contributed by atoms with Crippen LogP contribution in [0.5, 0.6) is 0 Å². The Morgan fingerprint density at radius 3 is 2.64 bits per heavy atom. The van der Waals surface area contributed by atoms with Crippen LogP contribution >= 0.6 is 0 Å². The summed E-state index contributed by atoms with van der Waals surface area (Å²) in [5.41, 5.74) is 7.44. The van der Waals surface area contributed by atoms with Crippen molar-refractivity contribution in [1.82, 2.24) is 9.78 Å². The molecule has 0 saturated carbocycles. The van der Waals surface area contributed by atoms with Crippen LogP contribution < -0.4 is 16.0 Å². The Labute approximate surface area is 146 Å². The quantitative estimate of drug-likeness (QED) is 0.871. The van der Waals surface area contributed by atoms with Gasteiger partial charge in [-0.1, -0.05) is 0 Å². The second-order valence-electron chi connectivity index (χ2n) is 6.30. The van der Waals surface area contributed by atoms with Crippen LogP contribution in [-0.2, 0) is 4.79 Å². The number of hydrogen-bond donors (Lipinski definition) is 2. The van der Waals surface area contributed by atoms with Gasteiger partial charge in [0.05, 0.1) is 11.3 Å². The number of carbonyl (C=O) groups is 2. The molecule has 7 heteroatoms. The largest absolute Gasteiger partial charge is 0.371 e. The molecular formula is C18H23N5O2. The molecule has 0 radical (unpaired) electrons. The molecule has 132 valence electrons. The van der Waals surface area contributed by atoms with Crippen LogP contribution in [0.2, 0.25) is 0 Å². The number of benzene rings is 1. The highest BCUT2D eigenvalue weighted by molar-refractivity contribution is 6.01. The predicted molar refractivity (Wildman–Crippen MR) is 96.6 cm³/mol. The number of piperidine rings is 1. The van der Waals surface area contributed by atoms with Gasteiger partial charge in [-0.05, 0) is 50.5 Å². The normalized spacial score (nSPS) is 15.6. The van der Waals surface area contributed by atoms with Gasteiger partial charge in [0.15, 0.2) is 0 Å². The fourth-order valence-corrected chi connectivity index (χ4v) is 3.09. The molecule has 0 bridgehead atoms. The van der Waals surface area contributed by atoms with E-state index in [1.54, 1.807) is 42.2 Å². The van der Waals surface area contributed by atoms with Crippen LogP contribution in [0.1, 0.15) is 42.6 Å². The molecule has 3 N–H and O–H groups in total. The van der Waals surface area contributed by atoms with E-state index in [4.69, 9.17) is 5.73 Å². The number of amides is 2. The molecule has 1 aliphatic heterocycles. The SMILES string of the molecule is C[C@@H](C(=O)Nc1ccc(C(N)=O)c(N2CCCCC2)c1)n1cccn1. The lowest BCUT2D eigenvalue weighted by Gasteiger charge is -2.30. The van der Waals surface area contributed by atoms with Gasteiger partial charge in [-0.3, -0.25) is 14.3 Å². The van der Waals surface area contributed by atoms with Gasteiger partial charge in [0.25, 0.3) is 5.91 Å². The fraction of sp³-hybridized carbons (Fsp3) is 0.389. The van der Waals surface area contributed by atoms with Crippen molar-refractivity contribution in [3.05, 3.63) is 42.2 Å². The zero-order valence-electron chi connectivity index (χ0n) is 14.3. The van der Waals surface area contributed by atoms with Crippen LogP contribution in [0.4, 0.5) is 11.4 Å². The molecule has 1 saturated heterocycles. The minimum atomic E-state index is -0.455. The number of nitrogens with zero attached hydrogens (tertiary/aromatic N) is 3. The Morgan fingerprint density at radius 2 is 2.00 bits per heavy atom. The van der Waals surface area contributed by atoms with Gasteiger partial charge in [0, 0.05) is 31.2 Å². The lowest BCUT2D eigenvalue weighted by Crippen LogP contribution is -2.32. The highest BCUT2D eigenvalue weighted by Crippen LogP contribution is 2.28. The molecule has 0 aliphatic carbocycles. The van der Waals surface area contributed by atoms with Gasteiger partial charge in [0.2, 0.25) is 5.91 Å². The first kappa shape index (κ1) is 17.0. The molecule has 25 heavy (non-hydrogen) atoms. The second kappa shape index (κ2) is 7.38. The van der Waals surface area contributed by atoms with Gasteiger partial charge in [-0.2, -0.15) is 5.10 Å². The Morgan fingerprint density at radius 1 is 1.24 bits per heavy atom. The number of aromatic nitrogens is 2. The Bertz CT molecular complexity index is 751. The van der Waals surface area contributed by atoms with Gasteiger partial charge in [-0.15, -0.1) is 0 Å². The maximum atomic E-state index is 12.4. The lowest BCUT2D eigenvalue weighted by molar-refractivity contribution is -0.119. The summed E-state index contributed by atoms with van der Waals surface area (Å²) < 4.78 is 1.60. The standard InChI is InChI=1S/C18H23N5O2/c1-13(23-11-5-8-20-23)18(25)21-14-6-7-15(17(19)24)16(12-14)22-9-3-2-4-10-22/h5-8,11-13H,2-4,9-10H2,1H3,(H2,19,24)(H,21,25)/t13-/m0/s1. The lowest BCUT2D eigenvalue weighted by atomic mass is 10.1. The molecule has 7 nitrogen and oxygen atoms in total. The van der Waals surface area contributed by atoms with E-state index in [1.807, 2.05) is 6.07 Å². The molecule has 3 rings (SSSR count). The van der Waals surface area contributed by atoms with Crippen LogP contribution in [0, 0.1) is 0 Å². The average molecular weight is 341 g/mol. The van der Waals surface area contributed by atoms with Crippen LogP contribution in [0.15, 0.2) is 36.7 Å². The molecule has 1 atom stereocenters. The third-order valence-electron chi connectivity index (χ3n) is 4.53. The van der Waals surface area contributed by atoms with Crippen LogP contribution in [-0.4, -0.2) is 34.7 Å². The van der Waals surface area contributed by atoms with Crippen molar-refractivity contribution >= 4 is 23.2 Å². The van der Waals surface area contributed by atoms with E-state index >= 15 is 0 Å². The topological polar surface area (TPSA) is 93.2 Å². The first-order valence-corrected chi connectivity index (χ1v) is 8.55. The first-order valence-electron chi connectivity index (χ1n) is 8.55. The Hall–Kier alpha value is -2.83. The molecule has 2 aromatic rings. The molecule has 1 aliphatic rings. The zero-order chi connectivity index (χ0) is 17.8. The smallest absolute Gasteiger partial charge is 0.250 e. The molecule has 1 fully saturated rings. The number of anilines is 2. The maximum absolute atomic E-state index is 12.4. The Balaban J connectivity index is 1.82. The van der Waals surface area contributed by atoms with E-state index in [0.717, 1.165) is 31.6 Å². The van der Waals surface area contributed by atoms with E-state index in [-0.39, 0.29) is 5.91 Å². The van der Waals surface area contributed by atoms with Crippen LogP contribution in [0.3, 0.4) is 0 Å². The van der Waals surface area contributed by atoms with Gasteiger partial charge >= 0.3 is 0 Å². The monoisotopic (exact) mass is 341 g/mol. The summed E-state index contributed by atoms with van der Waals surface area (Å²) in [6, 6.07) is 6.57. The number of nitrogens with one attached hydrogen (secondary N) is 1. The average Bonchev–Trinajstić information content (AvgIpc) is 3.16. The Kier molecular flexibility index (Phi) is 5.02. The summed E-state index contributed by atoms with van der Waals surface area (Å²) in [7, 11) is 0. The molecule has 2 amide bonds. The maximum Gasteiger partial charge on any atom is 0.250 e. The minimum absolute atomic E-state index is 0.167. The summed E-state index contributed by atoms with van der Waals surface area (Å²) in [5, 5.41) is 6.99. The summed E-state index contributed by atoms with van der Waals surface area (Å²) in [6.07, 6.45) is 6.76. The fourth-order valence-electron chi connectivity index (χ4n) is 3.09. The summed E-state index contributed by atoms with van der Waals surface area (Å²) in [4.78, 5) is 26.4. The van der Waals surface area contributed by atoms with Gasteiger partial charge in [0.1, 0.15) is 6.04 Å². The number of rotatable bonds is 5. The molecule has 0 spiro atoms. The number of hydrogen-bond acceptors (Lipinski definition) is 4. The van der Waals surface area contributed by atoms with E-state index in [2.05, 4.69) is 15.3 Å². The predicted octanol–water partition coefficient (Wildman–Crippen LogP) is 2.17. The van der Waals surface area contributed by atoms with Crippen molar-refractivity contribution in [2.45, 2.75) is 32.2 Å². The molecule has 0 unspecified atom stereocenters. The number of nitrogens with two attached hydrogens (primary N) is 1. The van der Waals surface area contributed by atoms with Crippen LogP contribution in [0.25, 0.3) is 0 Å². The zero-order valence-corrected chi connectivity index (χ0v) is 14.3. The van der Waals surface area contributed by atoms with Crippen molar-refractivity contribution < 1.29 is 9.59 Å². The van der Waals surface area contributed by atoms with Crippen molar-refractivity contribution in [2.24, 2.45) is 5.73 Å². The van der Waals surface area contributed by atoms with Gasteiger partial charge in [-0.25, -0.2) is 0 Å². The highest BCUT2D eigenvalue weighted by atomic mass is 16.2. The van der Waals surface area contributed by atoms with Gasteiger partial charge < -0.3 is 16.0 Å². The summed E-state index contributed by atoms with van der Waals surface area (Å²) in [5.74, 6) is -0.622. The second-order valence-corrected chi connectivity index (χ2v) is 6.30. The third kappa shape index (κ3) is 3.81. The first-order chi connectivity index (χ1) is 12.1. The molecule has 1 aromatic heterocycles. The summed E-state index contributed by atoms with van der Waals surface area (Å²) in [6.45, 7) is 3.56. The van der Waals surface area contributed by atoms with E-state index in [0.29, 0.717) is 11.3 Å². The molecule has 1 aromatic carbocycles. The number of carbonyl (C=O) groups excluding carboxylic acids is 2. The van der Waals surface area contributed by atoms with Crippen molar-refractivity contribution in [3.8, 4) is 0 Å². The van der Waals surface area contributed by atoms with E-state index < -0.39 is 11.9 Å². The highest BCUT2D eigenvalue weighted by Gasteiger charge is 2.20. The molecular weight excluding hydrogens is 318 g/mol. The number of primary amides is 1. The van der Waals surface area contributed by atoms with Crippen molar-refractivity contribution in [1.29, 1.82) is 0 Å². The molecule has 2 heterocycles. The third-order valence-corrected chi connectivity index (χ3v) is 4.53. The minimum Gasteiger partial charge on any atom is -0.371 e.